The van der Waals surface area contributed by atoms with E-state index in [1.54, 1.807) is 30.3 Å². The number of para-hydroxylation sites is 1. The molecule has 0 heterocycles. The van der Waals surface area contributed by atoms with Gasteiger partial charge in [-0.1, -0.05) is 57.9 Å². The zero-order chi connectivity index (χ0) is 24.6. The minimum absolute atomic E-state index is 0.166. The first-order valence-corrected chi connectivity index (χ1v) is 12.6. The number of halogens is 1. The number of nitriles is 1. The lowest BCUT2D eigenvalue weighted by molar-refractivity contribution is 0.0954. The van der Waals surface area contributed by atoms with Crippen LogP contribution in [0.3, 0.4) is 0 Å². The zero-order valence-corrected chi connectivity index (χ0v) is 21.0. The number of rotatable bonds is 6. The van der Waals surface area contributed by atoms with Gasteiger partial charge in [0.15, 0.2) is 0 Å². The number of phenols is 1. The normalized spacial score (nSPS) is 19.1. The van der Waals surface area contributed by atoms with Gasteiger partial charge in [0.25, 0.3) is 5.91 Å². The highest BCUT2D eigenvalue weighted by atomic mass is 79.9. The lowest BCUT2D eigenvalue weighted by Crippen LogP contribution is -2.32. The van der Waals surface area contributed by atoms with Crippen molar-refractivity contribution in [2.45, 2.75) is 25.7 Å². The number of aromatic hydroxyl groups is 1. The van der Waals surface area contributed by atoms with E-state index in [0.29, 0.717) is 30.1 Å². The Labute approximate surface area is 214 Å². The van der Waals surface area contributed by atoms with E-state index < -0.39 is 0 Å². The van der Waals surface area contributed by atoms with Gasteiger partial charge in [0.05, 0.1) is 11.6 Å². The summed E-state index contributed by atoms with van der Waals surface area (Å²) in [6.07, 6.45) is 12.4. The van der Waals surface area contributed by atoms with Gasteiger partial charge in [-0.25, -0.2) is 0 Å². The van der Waals surface area contributed by atoms with E-state index in [9.17, 15) is 9.90 Å². The van der Waals surface area contributed by atoms with E-state index >= 15 is 0 Å². The Hall–Kier alpha value is -3.56. The molecule has 0 fully saturated rings. The van der Waals surface area contributed by atoms with E-state index in [-0.39, 0.29) is 11.7 Å². The highest BCUT2D eigenvalue weighted by Gasteiger charge is 2.22. The Morgan fingerprint density at radius 1 is 1.14 bits per heavy atom. The van der Waals surface area contributed by atoms with Crippen LogP contribution in [0.2, 0.25) is 0 Å². The van der Waals surface area contributed by atoms with Crippen molar-refractivity contribution in [3.8, 4) is 11.8 Å². The van der Waals surface area contributed by atoms with Crippen molar-refractivity contribution >= 4 is 27.4 Å². The Balaban J connectivity index is 1.48. The van der Waals surface area contributed by atoms with Gasteiger partial charge in [-0.3, -0.25) is 4.79 Å². The Bertz CT molecular complexity index is 1250. The number of nitrogens with one attached hydrogen (secondary N) is 2. The summed E-state index contributed by atoms with van der Waals surface area (Å²) in [6.45, 7) is 1.04. The Morgan fingerprint density at radius 2 is 1.94 bits per heavy atom. The van der Waals surface area contributed by atoms with Crippen molar-refractivity contribution in [3.05, 3.63) is 105 Å². The number of nitrogens with zero attached hydrogens (tertiary/aromatic N) is 1. The predicted molar refractivity (Wildman–Crippen MR) is 143 cm³/mol. The largest absolute Gasteiger partial charge is 0.507 e. The average Bonchev–Trinajstić information content (AvgIpc) is 2.96. The lowest BCUT2D eigenvalue weighted by atomic mass is 9.85. The maximum Gasteiger partial charge on any atom is 0.251 e. The monoisotopic (exact) mass is 529 g/mol. The summed E-state index contributed by atoms with van der Waals surface area (Å²) >= 11 is 3.75. The second-order valence-corrected chi connectivity index (χ2v) is 9.52. The van der Waals surface area contributed by atoms with Crippen LogP contribution in [0.5, 0.6) is 5.75 Å². The standard InChI is InChI=1S/C29H28BrN3O2/c30-27-9-4-6-22-17-24(32-15-16-33-29(35)21-13-11-20(19-31)12-14-21)18-23(5-3-8-25(22)27)26-7-1-2-10-28(26)34/h1-2,4-5,7,9-14,18,22,32,34H,3,6,8,15-17H2,(H,33,35)/b23-5?,24-18+. The van der Waals surface area contributed by atoms with Crippen LogP contribution < -0.4 is 10.6 Å². The second-order valence-electron chi connectivity index (χ2n) is 8.67. The molecule has 0 spiro atoms. The van der Waals surface area contributed by atoms with E-state index in [4.69, 9.17) is 5.26 Å². The third-order valence-corrected chi connectivity index (χ3v) is 7.09. The molecule has 0 bridgehead atoms. The third kappa shape index (κ3) is 6.32. The van der Waals surface area contributed by atoms with Crippen molar-refractivity contribution in [3.63, 3.8) is 0 Å². The molecule has 2 aliphatic rings. The fourth-order valence-electron chi connectivity index (χ4n) is 4.49. The van der Waals surface area contributed by atoms with Crippen LogP contribution in [0.4, 0.5) is 0 Å². The summed E-state index contributed by atoms with van der Waals surface area (Å²) in [5.41, 5.74) is 5.37. The number of hydrogen-bond donors (Lipinski definition) is 3. The summed E-state index contributed by atoms with van der Waals surface area (Å²) < 4.78 is 1.17. The molecule has 0 aliphatic heterocycles. The van der Waals surface area contributed by atoms with Crippen LogP contribution in [0, 0.1) is 17.2 Å². The van der Waals surface area contributed by atoms with E-state index in [2.05, 4.69) is 56.9 Å². The number of carbonyl (C=O) groups is 1. The summed E-state index contributed by atoms with van der Waals surface area (Å²) in [5.74, 6) is 0.502. The number of carbonyl (C=O) groups excluding carboxylic acids is 1. The van der Waals surface area contributed by atoms with Crippen molar-refractivity contribution in [1.29, 1.82) is 5.26 Å². The summed E-state index contributed by atoms with van der Waals surface area (Å²) in [7, 11) is 0. The average molecular weight is 530 g/mol. The minimum atomic E-state index is -0.166. The molecule has 2 aromatic carbocycles. The molecule has 35 heavy (non-hydrogen) atoms. The minimum Gasteiger partial charge on any atom is -0.507 e. The van der Waals surface area contributed by atoms with Gasteiger partial charge in [0, 0.05) is 34.4 Å². The first kappa shape index (κ1) is 24.6. The lowest BCUT2D eigenvalue weighted by Gasteiger charge is -2.24. The predicted octanol–water partition coefficient (Wildman–Crippen LogP) is 5.96. The summed E-state index contributed by atoms with van der Waals surface area (Å²) in [6, 6.07) is 16.1. The number of amides is 1. The molecule has 0 saturated carbocycles. The van der Waals surface area contributed by atoms with Gasteiger partial charge in [-0.2, -0.15) is 5.26 Å². The maximum absolute atomic E-state index is 12.4. The molecular weight excluding hydrogens is 502 g/mol. The molecule has 2 aliphatic carbocycles. The smallest absolute Gasteiger partial charge is 0.251 e. The molecule has 0 aromatic heterocycles. The van der Waals surface area contributed by atoms with Crippen LogP contribution in [0.15, 0.2) is 88.6 Å². The van der Waals surface area contributed by atoms with Gasteiger partial charge < -0.3 is 15.7 Å². The van der Waals surface area contributed by atoms with Gasteiger partial charge in [-0.05, 0) is 73.6 Å². The molecule has 5 nitrogen and oxygen atoms in total. The van der Waals surface area contributed by atoms with Crippen LogP contribution >= 0.6 is 15.9 Å². The first-order chi connectivity index (χ1) is 17.0. The quantitative estimate of drug-likeness (QED) is 0.403. The van der Waals surface area contributed by atoms with Crippen molar-refractivity contribution in [1.82, 2.24) is 10.6 Å². The molecule has 1 atom stereocenters. The SMILES string of the molecule is N#Cc1ccc(C(=O)NCCN/C2=C/C(c3ccccc3O)=CCCC3=C(Br)C=CCC3C2)cc1. The van der Waals surface area contributed by atoms with E-state index in [0.717, 1.165) is 42.5 Å². The fourth-order valence-corrected chi connectivity index (χ4v) is 5.20. The van der Waals surface area contributed by atoms with Gasteiger partial charge in [0.1, 0.15) is 5.75 Å². The van der Waals surface area contributed by atoms with Crippen LogP contribution in [0.25, 0.3) is 5.57 Å². The maximum atomic E-state index is 12.4. The van der Waals surface area contributed by atoms with Gasteiger partial charge >= 0.3 is 0 Å². The van der Waals surface area contributed by atoms with Crippen molar-refractivity contribution < 1.29 is 9.90 Å². The number of phenolic OH excluding ortho intramolecular Hbond substituents is 1. The topological polar surface area (TPSA) is 85.2 Å². The molecule has 4 rings (SSSR count). The van der Waals surface area contributed by atoms with Crippen LogP contribution in [-0.2, 0) is 0 Å². The Kier molecular flexibility index (Phi) is 8.23. The van der Waals surface area contributed by atoms with Gasteiger partial charge in [-0.15, -0.1) is 0 Å². The highest BCUT2D eigenvalue weighted by molar-refractivity contribution is 9.11. The third-order valence-electron chi connectivity index (χ3n) is 6.31. The van der Waals surface area contributed by atoms with Crippen LogP contribution in [-0.4, -0.2) is 24.1 Å². The molecule has 0 radical (unpaired) electrons. The Morgan fingerprint density at radius 3 is 2.71 bits per heavy atom. The highest BCUT2D eigenvalue weighted by Crippen LogP contribution is 2.38. The number of benzene rings is 2. The number of fused-ring (bicyclic) bond motifs is 1. The second kappa shape index (κ2) is 11.7. The van der Waals surface area contributed by atoms with Crippen molar-refractivity contribution in [2.24, 2.45) is 5.92 Å². The molecule has 2 aromatic rings. The fraction of sp³-hybridized carbons (Fsp3) is 0.241. The van der Waals surface area contributed by atoms with E-state index in [1.165, 1.54) is 10.1 Å². The first-order valence-electron chi connectivity index (χ1n) is 11.8. The molecule has 1 amide bonds. The molecule has 0 saturated heterocycles. The summed E-state index contributed by atoms with van der Waals surface area (Å²) in [4.78, 5) is 12.4. The van der Waals surface area contributed by atoms with Crippen molar-refractivity contribution in [2.75, 3.05) is 13.1 Å². The number of hydrogen-bond acceptors (Lipinski definition) is 4. The van der Waals surface area contributed by atoms with Gasteiger partial charge in [0.2, 0.25) is 0 Å². The molecule has 1 unspecified atom stereocenters. The molecule has 178 valence electrons. The molecule has 3 N–H and O–H groups in total. The summed E-state index contributed by atoms with van der Waals surface area (Å²) in [5, 5.41) is 25.9. The zero-order valence-electron chi connectivity index (χ0n) is 19.4. The van der Waals surface area contributed by atoms with E-state index in [1.807, 2.05) is 18.2 Å². The molecular formula is C29H28BrN3O2. The van der Waals surface area contributed by atoms with Crippen LogP contribution in [0.1, 0.15) is 47.2 Å². The number of allylic oxidation sites excluding steroid dienone is 8. The molecule has 6 heteroatoms.